The van der Waals surface area contributed by atoms with E-state index < -0.39 is 21.4 Å². The predicted octanol–water partition coefficient (Wildman–Crippen LogP) is 1.49. The molecular weight excluding hydrogens is 267 g/mol. The molecule has 3 N–H and O–H groups in total. The molecule has 0 aliphatic rings. The molecule has 0 fully saturated rings. The Kier molecular flexibility index (Phi) is 4.14. The van der Waals surface area contributed by atoms with Crippen LogP contribution < -0.4 is 10.5 Å². The molecule has 0 amide bonds. The number of nitrogens with one attached hydrogen (secondary N) is 1. The van der Waals surface area contributed by atoms with Gasteiger partial charge >= 0.3 is 0 Å². The van der Waals surface area contributed by atoms with E-state index in [2.05, 4.69) is 4.72 Å². The van der Waals surface area contributed by atoms with Crippen LogP contribution >= 0.6 is 11.6 Å². The van der Waals surface area contributed by atoms with Gasteiger partial charge in [-0.3, -0.25) is 0 Å². The number of nitrogens with two attached hydrogens (primary N) is 1. The van der Waals surface area contributed by atoms with Crippen LogP contribution in [0.25, 0.3) is 0 Å². The van der Waals surface area contributed by atoms with Crippen molar-refractivity contribution in [3.8, 4) is 0 Å². The van der Waals surface area contributed by atoms with Crippen LogP contribution in [-0.2, 0) is 10.0 Å². The molecule has 1 rings (SSSR count). The van der Waals surface area contributed by atoms with E-state index in [4.69, 9.17) is 17.3 Å². The topological polar surface area (TPSA) is 72.2 Å². The standard InChI is InChI=1S/C10H14ClFN2O2S/c1-10(2,13)6-14-17(15,16)9-4-3-7(12)5-8(9)11/h3-5,14H,6,13H2,1-2H3. The van der Waals surface area contributed by atoms with E-state index in [1.165, 1.54) is 0 Å². The molecule has 0 radical (unpaired) electrons. The maximum Gasteiger partial charge on any atom is 0.242 e. The van der Waals surface area contributed by atoms with Gasteiger partial charge in [-0.1, -0.05) is 11.6 Å². The van der Waals surface area contributed by atoms with Gasteiger partial charge in [0.1, 0.15) is 10.7 Å². The Morgan fingerprint density at radius 3 is 2.53 bits per heavy atom. The van der Waals surface area contributed by atoms with Gasteiger partial charge in [0.15, 0.2) is 0 Å². The first kappa shape index (κ1) is 14.4. The Balaban J connectivity index is 2.98. The minimum atomic E-state index is -3.77. The molecule has 0 unspecified atom stereocenters. The van der Waals surface area contributed by atoms with E-state index >= 15 is 0 Å². The van der Waals surface area contributed by atoms with Gasteiger partial charge in [0, 0.05) is 12.1 Å². The minimum Gasteiger partial charge on any atom is -0.324 e. The van der Waals surface area contributed by atoms with Crippen LogP contribution in [0.15, 0.2) is 23.1 Å². The number of benzene rings is 1. The van der Waals surface area contributed by atoms with Crippen LogP contribution in [0.5, 0.6) is 0 Å². The summed E-state index contributed by atoms with van der Waals surface area (Å²) in [6.45, 7) is 3.42. The minimum absolute atomic E-state index is 0.0586. The Morgan fingerprint density at radius 2 is 2.06 bits per heavy atom. The van der Waals surface area contributed by atoms with Crippen LogP contribution in [0.4, 0.5) is 4.39 Å². The Bertz CT molecular complexity index is 512. The van der Waals surface area contributed by atoms with E-state index in [1.807, 2.05) is 0 Å². The number of halogens is 2. The van der Waals surface area contributed by atoms with E-state index in [9.17, 15) is 12.8 Å². The molecule has 96 valence electrons. The molecule has 0 saturated heterocycles. The number of sulfonamides is 1. The SMILES string of the molecule is CC(C)(N)CNS(=O)(=O)c1ccc(F)cc1Cl. The summed E-state index contributed by atoms with van der Waals surface area (Å²) in [6, 6.07) is 3.10. The van der Waals surface area contributed by atoms with Crippen molar-refractivity contribution >= 4 is 21.6 Å². The lowest BCUT2D eigenvalue weighted by Gasteiger charge is -2.19. The van der Waals surface area contributed by atoms with Crippen LogP contribution in [0.1, 0.15) is 13.8 Å². The van der Waals surface area contributed by atoms with E-state index in [0.29, 0.717) is 0 Å². The highest BCUT2D eigenvalue weighted by molar-refractivity contribution is 7.89. The smallest absolute Gasteiger partial charge is 0.242 e. The average Bonchev–Trinajstić information content (AvgIpc) is 2.13. The van der Waals surface area contributed by atoms with Gasteiger partial charge in [-0.2, -0.15) is 0 Å². The second-order valence-electron chi connectivity index (χ2n) is 4.39. The largest absolute Gasteiger partial charge is 0.324 e. The summed E-state index contributed by atoms with van der Waals surface area (Å²) >= 11 is 5.67. The Labute approximate surface area is 105 Å². The third-order valence-corrected chi connectivity index (χ3v) is 3.79. The lowest BCUT2D eigenvalue weighted by Crippen LogP contribution is -2.45. The quantitative estimate of drug-likeness (QED) is 0.878. The lowest BCUT2D eigenvalue weighted by atomic mass is 10.1. The Hall–Kier alpha value is -0.690. The van der Waals surface area contributed by atoms with Gasteiger partial charge in [0.05, 0.1) is 5.02 Å². The van der Waals surface area contributed by atoms with Crippen molar-refractivity contribution in [1.82, 2.24) is 4.72 Å². The predicted molar refractivity (Wildman–Crippen MR) is 64.9 cm³/mol. The fourth-order valence-electron chi connectivity index (χ4n) is 1.05. The Morgan fingerprint density at radius 1 is 1.47 bits per heavy atom. The van der Waals surface area contributed by atoms with Crippen molar-refractivity contribution in [3.63, 3.8) is 0 Å². The van der Waals surface area contributed by atoms with E-state index in [-0.39, 0.29) is 16.5 Å². The van der Waals surface area contributed by atoms with Crippen molar-refractivity contribution in [3.05, 3.63) is 29.0 Å². The first-order chi connectivity index (χ1) is 7.62. The maximum absolute atomic E-state index is 12.8. The lowest BCUT2D eigenvalue weighted by molar-refractivity contribution is 0.498. The molecule has 0 saturated carbocycles. The molecule has 0 bridgehead atoms. The third-order valence-electron chi connectivity index (χ3n) is 1.90. The highest BCUT2D eigenvalue weighted by Crippen LogP contribution is 2.21. The second kappa shape index (κ2) is 4.89. The third kappa shape index (κ3) is 4.23. The fraction of sp³-hybridized carbons (Fsp3) is 0.400. The summed E-state index contributed by atoms with van der Waals surface area (Å²) in [7, 11) is -3.77. The van der Waals surface area contributed by atoms with Crippen LogP contribution in [0.2, 0.25) is 5.02 Å². The van der Waals surface area contributed by atoms with E-state index in [1.54, 1.807) is 13.8 Å². The summed E-state index contributed by atoms with van der Waals surface area (Å²) in [6.07, 6.45) is 0. The molecule has 1 aromatic carbocycles. The zero-order valence-corrected chi connectivity index (χ0v) is 11.1. The first-order valence-electron chi connectivity index (χ1n) is 4.85. The second-order valence-corrected chi connectivity index (χ2v) is 6.53. The van der Waals surface area contributed by atoms with Crippen LogP contribution in [-0.4, -0.2) is 20.5 Å². The van der Waals surface area contributed by atoms with Crippen LogP contribution in [0, 0.1) is 5.82 Å². The number of hydrogen-bond donors (Lipinski definition) is 2. The van der Waals surface area contributed by atoms with Gasteiger partial charge in [0.2, 0.25) is 10.0 Å². The van der Waals surface area contributed by atoms with Gasteiger partial charge in [-0.15, -0.1) is 0 Å². The zero-order chi connectivity index (χ0) is 13.3. The average molecular weight is 281 g/mol. The normalized spacial score (nSPS) is 12.8. The van der Waals surface area contributed by atoms with Crippen LogP contribution in [0.3, 0.4) is 0 Å². The maximum atomic E-state index is 12.8. The summed E-state index contributed by atoms with van der Waals surface area (Å²) in [5, 5.41) is -0.160. The zero-order valence-electron chi connectivity index (χ0n) is 9.50. The molecule has 0 heterocycles. The summed E-state index contributed by atoms with van der Waals surface area (Å²) in [4.78, 5) is -0.162. The molecule has 0 aliphatic carbocycles. The molecule has 1 aromatic rings. The van der Waals surface area contributed by atoms with Gasteiger partial charge in [0.25, 0.3) is 0 Å². The van der Waals surface area contributed by atoms with Crippen molar-refractivity contribution in [1.29, 1.82) is 0 Å². The molecule has 0 aromatic heterocycles. The van der Waals surface area contributed by atoms with Crippen molar-refractivity contribution in [2.45, 2.75) is 24.3 Å². The summed E-state index contributed by atoms with van der Waals surface area (Å²) < 4.78 is 38.8. The molecule has 0 atom stereocenters. The summed E-state index contributed by atoms with van der Waals surface area (Å²) in [5.74, 6) is -0.590. The molecule has 7 heteroatoms. The van der Waals surface area contributed by atoms with Gasteiger partial charge in [-0.25, -0.2) is 17.5 Å². The molecule has 4 nitrogen and oxygen atoms in total. The fourth-order valence-corrected chi connectivity index (χ4v) is 2.80. The van der Waals surface area contributed by atoms with Gasteiger partial charge in [-0.05, 0) is 32.0 Å². The molecular formula is C10H14ClFN2O2S. The summed E-state index contributed by atoms with van der Waals surface area (Å²) in [5.41, 5.74) is 4.98. The first-order valence-corrected chi connectivity index (χ1v) is 6.71. The van der Waals surface area contributed by atoms with Crippen molar-refractivity contribution in [2.75, 3.05) is 6.54 Å². The molecule has 0 spiro atoms. The highest BCUT2D eigenvalue weighted by Gasteiger charge is 2.21. The van der Waals surface area contributed by atoms with Crippen molar-refractivity contribution < 1.29 is 12.8 Å². The highest BCUT2D eigenvalue weighted by atomic mass is 35.5. The molecule has 0 aliphatic heterocycles. The van der Waals surface area contributed by atoms with Gasteiger partial charge < -0.3 is 5.73 Å². The van der Waals surface area contributed by atoms with Crippen molar-refractivity contribution in [2.24, 2.45) is 5.73 Å². The van der Waals surface area contributed by atoms with E-state index in [0.717, 1.165) is 18.2 Å². The monoisotopic (exact) mass is 280 g/mol. The number of hydrogen-bond acceptors (Lipinski definition) is 3. The molecule has 17 heavy (non-hydrogen) atoms. The number of rotatable bonds is 4.